The third-order valence-electron chi connectivity index (χ3n) is 4.28. The van der Waals surface area contributed by atoms with Crippen LogP contribution in [0.25, 0.3) is 0 Å². The maximum atomic E-state index is 11.6. The van der Waals surface area contributed by atoms with E-state index in [1.54, 1.807) is 0 Å². The predicted molar refractivity (Wildman–Crippen MR) is 93.5 cm³/mol. The smallest absolute Gasteiger partial charge is 0.222 e. The molecule has 1 aliphatic heterocycles. The van der Waals surface area contributed by atoms with Gasteiger partial charge in [-0.05, 0) is 31.4 Å². The molecule has 23 heavy (non-hydrogen) atoms. The fourth-order valence-corrected chi connectivity index (χ4v) is 3.08. The minimum Gasteiger partial charge on any atom is -0.493 e. The molecule has 0 radical (unpaired) electrons. The monoisotopic (exact) mass is 318 g/mol. The quantitative estimate of drug-likeness (QED) is 0.775. The molecular formula is C19H30N2O2. The van der Waals surface area contributed by atoms with Crippen molar-refractivity contribution in [2.45, 2.75) is 33.2 Å². The Bertz CT molecular complexity index is 516. The summed E-state index contributed by atoms with van der Waals surface area (Å²) in [6, 6.07) is 8.29. The van der Waals surface area contributed by atoms with Crippen LogP contribution in [0.3, 0.4) is 0 Å². The van der Waals surface area contributed by atoms with Crippen LogP contribution in [0.4, 0.5) is 0 Å². The second-order valence-electron chi connectivity index (χ2n) is 7.19. The number of rotatable bonds is 7. The van der Waals surface area contributed by atoms with Crippen molar-refractivity contribution in [2.75, 3.05) is 33.8 Å². The summed E-state index contributed by atoms with van der Waals surface area (Å²) in [4.78, 5) is 15.8. The molecule has 1 unspecified atom stereocenters. The number of benzene rings is 1. The molecule has 128 valence electrons. The molecule has 1 aliphatic rings. The van der Waals surface area contributed by atoms with Gasteiger partial charge in [-0.1, -0.05) is 32.0 Å². The van der Waals surface area contributed by atoms with Gasteiger partial charge in [-0.3, -0.25) is 4.79 Å². The Labute approximate surface area is 140 Å². The van der Waals surface area contributed by atoms with Crippen molar-refractivity contribution in [1.29, 1.82) is 0 Å². The summed E-state index contributed by atoms with van der Waals surface area (Å²) < 4.78 is 5.94. The highest BCUT2D eigenvalue weighted by atomic mass is 16.5. The summed E-state index contributed by atoms with van der Waals surface area (Å²) >= 11 is 0. The molecule has 0 bridgehead atoms. The van der Waals surface area contributed by atoms with Crippen LogP contribution < -0.4 is 4.74 Å². The molecule has 0 aromatic heterocycles. The maximum absolute atomic E-state index is 11.6. The predicted octanol–water partition coefficient (Wildman–Crippen LogP) is 3.02. The Morgan fingerprint density at radius 3 is 2.78 bits per heavy atom. The number of carbonyl (C=O) groups excluding carboxylic acids is 1. The molecule has 0 spiro atoms. The van der Waals surface area contributed by atoms with Gasteiger partial charge in [0.2, 0.25) is 5.91 Å². The fraction of sp³-hybridized carbons (Fsp3) is 0.632. The summed E-state index contributed by atoms with van der Waals surface area (Å²) in [6.45, 7) is 7.83. The summed E-state index contributed by atoms with van der Waals surface area (Å²) in [5.74, 6) is 2.35. The van der Waals surface area contributed by atoms with E-state index >= 15 is 0 Å². The number of piperidine rings is 1. The van der Waals surface area contributed by atoms with Crippen molar-refractivity contribution in [3.63, 3.8) is 0 Å². The van der Waals surface area contributed by atoms with Gasteiger partial charge in [-0.2, -0.15) is 0 Å². The van der Waals surface area contributed by atoms with E-state index in [1.165, 1.54) is 5.56 Å². The van der Waals surface area contributed by atoms with E-state index < -0.39 is 0 Å². The first-order valence-electron chi connectivity index (χ1n) is 8.59. The minimum atomic E-state index is 0.274. The van der Waals surface area contributed by atoms with E-state index in [0.717, 1.165) is 38.4 Å². The molecule has 1 aromatic carbocycles. The van der Waals surface area contributed by atoms with Gasteiger partial charge in [-0.25, -0.2) is 0 Å². The molecule has 2 rings (SSSR count). The number of para-hydroxylation sites is 1. The zero-order valence-corrected chi connectivity index (χ0v) is 14.9. The fourth-order valence-electron chi connectivity index (χ4n) is 3.08. The minimum absolute atomic E-state index is 0.274. The van der Waals surface area contributed by atoms with Gasteiger partial charge in [0.15, 0.2) is 0 Å². The molecule has 1 heterocycles. The molecule has 1 atom stereocenters. The van der Waals surface area contributed by atoms with Gasteiger partial charge in [0.25, 0.3) is 0 Å². The van der Waals surface area contributed by atoms with Crippen molar-refractivity contribution < 1.29 is 9.53 Å². The number of ether oxygens (including phenoxy) is 1. The molecule has 0 saturated carbocycles. The van der Waals surface area contributed by atoms with Crippen LogP contribution in [-0.4, -0.2) is 49.5 Å². The molecule has 1 amide bonds. The average molecular weight is 318 g/mol. The normalized spacial score (nSPS) is 18.8. The second kappa shape index (κ2) is 8.34. The Hall–Kier alpha value is -1.55. The van der Waals surface area contributed by atoms with Crippen molar-refractivity contribution in [1.82, 2.24) is 9.80 Å². The summed E-state index contributed by atoms with van der Waals surface area (Å²) in [5, 5.41) is 0. The molecule has 0 aliphatic carbocycles. The van der Waals surface area contributed by atoms with E-state index in [4.69, 9.17) is 4.74 Å². The molecular weight excluding hydrogens is 288 g/mol. The largest absolute Gasteiger partial charge is 0.493 e. The lowest BCUT2D eigenvalue weighted by molar-refractivity contribution is -0.133. The number of likely N-dealkylation sites (tertiary alicyclic amines) is 1. The van der Waals surface area contributed by atoms with Crippen LogP contribution in [0, 0.1) is 11.8 Å². The maximum Gasteiger partial charge on any atom is 0.222 e. The van der Waals surface area contributed by atoms with Gasteiger partial charge in [0, 0.05) is 38.7 Å². The lowest BCUT2D eigenvalue weighted by Crippen LogP contribution is -2.41. The van der Waals surface area contributed by atoms with Crippen LogP contribution >= 0.6 is 0 Å². The van der Waals surface area contributed by atoms with Crippen LogP contribution in [0.5, 0.6) is 5.75 Å². The SMILES string of the molecule is CC(C)COc1ccccc1CN(C)CC1CCC(=O)N(C)C1. The van der Waals surface area contributed by atoms with Gasteiger partial charge in [0.1, 0.15) is 5.75 Å². The molecule has 1 saturated heterocycles. The van der Waals surface area contributed by atoms with Crippen LogP contribution in [-0.2, 0) is 11.3 Å². The standard InChI is InChI=1S/C19H30N2O2/c1-15(2)14-23-18-8-6-5-7-17(18)13-20(3)11-16-9-10-19(22)21(4)12-16/h5-8,15-16H,9-14H2,1-4H3. The Kier molecular flexibility index (Phi) is 6.46. The van der Waals surface area contributed by atoms with E-state index in [-0.39, 0.29) is 5.91 Å². The Morgan fingerprint density at radius 2 is 2.09 bits per heavy atom. The summed E-state index contributed by atoms with van der Waals surface area (Å²) in [5.41, 5.74) is 1.23. The summed E-state index contributed by atoms with van der Waals surface area (Å²) in [7, 11) is 4.05. The van der Waals surface area contributed by atoms with Crippen LogP contribution in [0.2, 0.25) is 0 Å². The van der Waals surface area contributed by atoms with E-state index in [1.807, 2.05) is 18.0 Å². The first-order chi connectivity index (χ1) is 11.0. The molecule has 0 N–H and O–H groups in total. The highest BCUT2D eigenvalue weighted by molar-refractivity contribution is 5.76. The second-order valence-corrected chi connectivity index (χ2v) is 7.19. The van der Waals surface area contributed by atoms with Crippen molar-refractivity contribution in [3.8, 4) is 5.75 Å². The van der Waals surface area contributed by atoms with Crippen LogP contribution in [0.1, 0.15) is 32.3 Å². The highest BCUT2D eigenvalue weighted by Crippen LogP contribution is 2.22. The van der Waals surface area contributed by atoms with Crippen molar-refractivity contribution in [2.24, 2.45) is 11.8 Å². The van der Waals surface area contributed by atoms with Gasteiger partial charge >= 0.3 is 0 Å². The number of hydrogen-bond acceptors (Lipinski definition) is 3. The zero-order valence-electron chi connectivity index (χ0n) is 14.9. The Morgan fingerprint density at radius 1 is 1.35 bits per heavy atom. The number of nitrogens with zero attached hydrogens (tertiary/aromatic N) is 2. The molecule has 4 heteroatoms. The molecule has 4 nitrogen and oxygen atoms in total. The first kappa shape index (κ1) is 17.8. The van der Waals surface area contributed by atoms with Crippen LogP contribution in [0.15, 0.2) is 24.3 Å². The van der Waals surface area contributed by atoms with E-state index in [2.05, 4.69) is 44.0 Å². The van der Waals surface area contributed by atoms with Crippen molar-refractivity contribution >= 4 is 5.91 Å². The van der Waals surface area contributed by atoms with Gasteiger partial charge in [0.05, 0.1) is 6.61 Å². The number of amides is 1. The molecule has 1 fully saturated rings. The average Bonchev–Trinajstić information content (AvgIpc) is 2.50. The third-order valence-corrected chi connectivity index (χ3v) is 4.28. The lowest BCUT2D eigenvalue weighted by Gasteiger charge is -2.32. The third kappa shape index (κ3) is 5.54. The highest BCUT2D eigenvalue weighted by Gasteiger charge is 2.23. The number of carbonyl (C=O) groups is 1. The first-order valence-corrected chi connectivity index (χ1v) is 8.59. The van der Waals surface area contributed by atoms with Gasteiger partial charge < -0.3 is 14.5 Å². The zero-order chi connectivity index (χ0) is 16.8. The summed E-state index contributed by atoms with van der Waals surface area (Å²) in [6.07, 6.45) is 1.68. The molecule has 1 aromatic rings. The lowest BCUT2D eigenvalue weighted by atomic mass is 9.97. The van der Waals surface area contributed by atoms with Gasteiger partial charge in [-0.15, -0.1) is 0 Å². The topological polar surface area (TPSA) is 32.8 Å². The van der Waals surface area contributed by atoms with E-state index in [0.29, 0.717) is 18.3 Å². The van der Waals surface area contributed by atoms with E-state index in [9.17, 15) is 4.79 Å². The number of hydrogen-bond donors (Lipinski definition) is 0. The Balaban J connectivity index is 1.90. The van der Waals surface area contributed by atoms with Crippen molar-refractivity contribution in [3.05, 3.63) is 29.8 Å².